The predicted octanol–water partition coefficient (Wildman–Crippen LogP) is 6.09. The van der Waals surface area contributed by atoms with E-state index in [1.165, 1.54) is 16.7 Å². The highest BCUT2D eigenvalue weighted by Gasteiger charge is 2.22. The largest absolute Gasteiger partial charge is 0.461 e. The van der Waals surface area contributed by atoms with Gasteiger partial charge in [0.25, 0.3) is 5.91 Å². The van der Waals surface area contributed by atoms with E-state index in [1.54, 1.807) is 29.8 Å². The number of amides is 1. The quantitative estimate of drug-likeness (QED) is 0.317. The van der Waals surface area contributed by atoms with Crippen molar-refractivity contribution < 1.29 is 14.3 Å². The van der Waals surface area contributed by atoms with E-state index in [1.807, 2.05) is 30.3 Å². The number of ether oxygens (including phenoxy) is 1. The van der Waals surface area contributed by atoms with E-state index in [4.69, 9.17) is 4.74 Å². The number of hydrogen-bond donors (Lipinski definition) is 1. The Morgan fingerprint density at radius 3 is 2.49 bits per heavy atom. The SMILES string of the molecule is CCOC(=O)c1cc(-c2ccc(CC)cc2)n(-c2ccc(C(=O)N[C@H]3CCCc4ccccc43)cc2)n1. The fourth-order valence-corrected chi connectivity index (χ4v) is 4.90. The molecule has 0 fully saturated rings. The lowest BCUT2D eigenvalue weighted by Crippen LogP contribution is -2.30. The lowest BCUT2D eigenvalue weighted by Gasteiger charge is -2.26. The number of esters is 1. The van der Waals surface area contributed by atoms with Gasteiger partial charge in [-0.1, -0.05) is 55.5 Å². The Balaban J connectivity index is 1.41. The third-order valence-corrected chi connectivity index (χ3v) is 6.90. The third kappa shape index (κ3) is 5.19. The first-order chi connectivity index (χ1) is 18.1. The Bertz CT molecular complexity index is 1400. The van der Waals surface area contributed by atoms with Crippen molar-refractivity contribution in [3.8, 4) is 16.9 Å². The normalized spacial score (nSPS) is 14.6. The first kappa shape index (κ1) is 24.5. The Hall–Kier alpha value is -4.19. The average Bonchev–Trinajstić information content (AvgIpc) is 3.39. The molecule has 3 aromatic carbocycles. The van der Waals surface area contributed by atoms with Crippen LogP contribution in [0.2, 0.25) is 0 Å². The van der Waals surface area contributed by atoms with E-state index < -0.39 is 5.97 Å². The van der Waals surface area contributed by atoms with E-state index in [2.05, 4.69) is 47.7 Å². The van der Waals surface area contributed by atoms with Crippen LogP contribution in [0, 0.1) is 0 Å². The standard InChI is InChI=1S/C31H31N3O3/c1-3-21-12-14-23(15-13-21)29-20-28(31(36)37-4-2)33-34(29)25-18-16-24(17-19-25)30(35)32-27-11-7-9-22-8-5-6-10-26(22)27/h5-6,8,10,12-20,27H,3-4,7,9,11H2,1-2H3,(H,32,35)/t27-/m0/s1. The zero-order valence-corrected chi connectivity index (χ0v) is 21.2. The van der Waals surface area contributed by atoms with E-state index in [0.29, 0.717) is 5.56 Å². The number of carbonyl (C=O) groups is 2. The van der Waals surface area contributed by atoms with Crippen molar-refractivity contribution in [1.82, 2.24) is 15.1 Å². The minimum Gasteiger partial charge on any atom is -0.461 e. The van der Waals surface area contributed by atoms with Gasteiger partial charge in [-0.3, -0.25) is 4.79 Å². The lowest BCUT2D eigenvalue weighted by molar-refractivity contribution is 0.0518. The highest BCUT2D eigenvalue weighted by molar-refractivity contribution is 5.94. The molecule has 0 saturated heterocycles. The summed E-state index contributed by atoms with van der Waals surface area (Å²) in [6.45, 7) is 4.17. The van der Waals surface area contributed by atoms with Gasteiger partial charge >= 0.3 is 5.97 Å². The number of carbonyl (C=O) groups excluding carboxylic acids is 2. The molecule has 1 amide bonds. The van der Waals surface area contributed by atoms with Gasteiger partial charge in [0, 0.05) is 11.1 Å². The van der Waals surface area contributed by atoms with Gasteiger partial charge in [-0.15, -0.1) is 0 Å². The Kier molecular flexibility index (Phi) is 7.17. The maximum Gasteiger partial charge on any atom is 0.358 e. The molecule has 0 aliphatic heterocycles. The first-order valence-electron chi connectivity index (χ1n) is 12.9. The number of aryl methyl sites for hydroxylation is 2. The molecule has 1 heterocycles. The molecule has 5 rings (SSSR count). The number of aromatic nitrogens is 2. The second-order valence-electron chi connectivity index (χ2n) is 9.26. The summed E-state index contributed by atoms with van der Waals surface area (Å²) in [7, 11) is 0. The molecule has 1 aromatic heterocycles. The van der Waals surface area contributed by atoms with Crippen LogP contribution in [0.4, 0.5) is 0 Å². The molecule has 0 radical (unpaired) electrons. The maximum atomic E-state index is 13.1. The van der Waals surface area contributed by atoms with Gasteiger partial charge in [0.2, 0.25) is 0 Å². The van der Waals surface area contributed by atoms with Crippen LogP contribution in [0.1, 0.15) is 70.3 Å². The molecular weight excluding hydrogens is 462 g/mol. The Morgan fingerprint density at radius 1 is 1.00 bits per heavy atom. The zero-order valence-electron chi connectivity index (χ0n) is 21.2. The topological polar surface area (TPSA) is 73.2 Å². The molecule has 1 aliphatic rings. The van der Waals surface area contributed by atoms with Gasteiger partial charge in [-0.25, -0.2) is 9.48 Å². The van der Waals surface area contributed by atoms with Crippen LogP contribution in [-0.2, 0) is 17.6 Å². The summed E-state index contributed by atoms with van der Waals surface area (Å²) >= 11 is 0. The van der Waals surface area contributed by atoms with E-state index in [0.717, 1.165) is 42.6 Å². The summed E-state index contributed by atoms with van der Waals surface area (Å²) in [6.07, 6.45) is 4.00. The predicted molar refractivity (Wildman–Crippen MR) is 144 cm³/mol. The highest BCUT2D eigenvalue weighted by atomic mass is 16.5. The van der Waals surface area contributed by atoms with Gasteiger partial charge < -0.3 is 10.1 Å². The van der Waals surface area contributed by atoms with Crippen molar-refractivity contribution in [3.05, 3.63) is 107 Å². The van der Waals surface area contributed by atoms with Crippen molar-refractivity contribution in [2.24, 2.45) is 0 Å². The van der Waals surface area contributed by atoms with Gasteiger partial charge in [0.15, 0.2) is 5.69 Å². The Labute approximate surface area is 217 Å². The summed E-state index contributed by atoms with van der Waals surface area (Å²) in [4.78, 5) is 25.5. The summed E-state index contributed by atoms with van der Waals surface area (Å²) in [6, 6.07) is 25.6. The second-order valence-corrected chi connectivity index (χ2v) is 9.26. The number of nitrogens with one attached hydrogen (secondary N) is 1. The molecule has 1 atom stereocenters. The molecule has 37 heavy (non-hydrogen) atoms. The summed E-state index contributed by atoms with van der Waals surface area (Å²) in [5, 5.41) is 7.76. The lowest BCUT2D eigenvalue weighted by atomic mass is 9.87. The van der Waals surface area contributed by atoms with E-state index >= 15 is 0 Å². The van der Waals surface area contributed by atoms with Crippen LogP contribution in [-0.4, -0.2) is 28.3 Å². The second kappa shape index (κ2) is 10.8. The summed E-state index contributed by atoms with van der Waals surface area (Å²) in [5.41, 5.74) is 7.05. The molecular formula is C31H31N3O3. The zero-order chi connectivity index (χ0) is 25.8. The van der Waals surface area contributed by atoms with Gasteiger partial charge in [0.05, 0.1) is 24.0 Å². The van der Waals surface area contributed by atoms with Crippen LogP contribution in [0.15, 0.2) is 78.9 Å². The fourth-order valence-electron chi connectivity index (χ4n) is 4.90. The van der Waals surface area contributed by atoms with Crippen molar-refractivity contribution in [1.29, 1.82) is 0 Å². The van der Waals surface area contributed by atoms with Crippen molar-refractivity contribution >= 4 is 11.9 Å². The molecule has 188 valence electrons. The molecule has 1 N–H and O–H groups in total. The van der Waals surface area contributed by atoms with Gasteiger partial charge in [-0.05, 0) is 79.6 Å². The number of rotatable bonds is 7. The molecule has 1 aliphatic carbocycles. The maximum absolute atomic E-state index is 13.1. The highest BCUT2D eigenvalue weighted by Crippen LogP contribution is 2.30. The minimum atomic E-state index is -0.462. The molecule has 6 heteroatoms. The number of hydrogen-bond acceptors (Lipinski definition) is 4. The average molecular weight is 494 g/mol. The van der Waals surface area contributed by atoms with Crippen LogP contribution in [0.3, 0.4) is 0 Å². The van der Waals surface area contributed by atoms with Gasteiger partial charge in [-0.2, -0.15) is 5.10 Å². The molecule has 0 bridgehead atoms. The van der Waals surface area contributed by atoms with Crippen LogP contribution in [0.5, 0.6) is 0 Å². The first-order valence-corrected chi connectivity index (χ1v) is 12.9. The molecule has 4 aromatic rings. The molecule has 6 nitrogen and oxygen atoms in total. The van der Waals surface area contributed by atoms with Crippen molar-refractivity contribution in [3.63, 3.8) is 0 Å². The number of nitrogens with zero attached hydrogens (tertiary/aromatic N) is 2. The smallest absolute Gasteiger partial charge is 0.358 e. The van der Waals surface area contributed by atoms with Crippen LogP contribution < -0.4 is 5.32 Å². The van der Waals surface area contributed by atoms with Crippen LogP contribution >= 0.6 is 0 Å². The molecule has 0 spiro atoms. The number of benzene rings is 3. The fraction of sp³-hybridized carbons (Fsp3) is 0.258. The van der Waals surface area contributed by atoms with Gasteiger partial charge in [0.1, 0.15) is 0 Å². The van der Waals surface area contributed by atoms with Crippen LogP contribution in [0.25, 0.3) is 16.9 Å². The van der Waals surface area contributed by atoms with Crippen molar-refractivity contribution in [2.45, 2.75) is 45.6 Å². The monoisotopic (exact) mass is 493 g/mol. The molecule has 0 unspecified atom stereocenters. The van der Waals surface area contributed by atoms with Crippen molar-refractivity contribution in [2.75, 3.05) is 6.61 Å². The third-order valence-electron chi connectivity index (χ3n) is 6.90. The Morgan fingerprint density at radius 2 is 1.76 bits per heavy atom. The number of fused-ring (bicyclic) bond motifs is 1. The summed E-state index contributed by atoms with van der Waals surface area (Å²) in [5.74, 6) is -0.562. The summed E-state index contributed by atoms with van der Waals surface area (Å²) < 4.78 is 6.91. The molecule has 0 saturated carbocycles. The minimum absolute atomic E-state index is 0.0214. The van der Waals surface area contributed by atoms with E-state index in [-0.39, 0.29) is 24.2 Å². The van der Waals surface area contributed by atoms with E-state index in [9.17, 15) is 9.59 Å².